The molecule has 1 aromatic carbocycles. The van der Waals surface area contributed by atoms with Gasteiger partial charge in [0, 0.05) is 17.6 Å². The van der Waals surface area contributed by atoms with E-state index >= 15 is 0 Å². The lowest BCUT2D eigenvalue weighted by molar-refractivity contribution is -0.127. The summed E-state index contributed by atoms with van der Waals surface area (Å²) in [7, 11) is 0. The highest BCUT2D eigenvalue weighted by molar-refractivity contribution is 14.1. The van der Waals surface area contributed by atoms with Crippen molar-refractivity contribution in [3.05, 3.63) is 33.0 Å². The van der Waals surface area contributed by atoms with E-state index in [1.165, 1.54) is 0 Å². The van der Waals surface area contributed by atoms with E-state index in [0.717, 1.165) is 8.96 Å². The first kappa shape index (κ1) is 16.3. The average molecular weight is 419 g/mol. The van der Waals surface area contributed by atoms with Crippen molar-refractivity contribution < 1.29 is 9.53 Å². The van der Waals surface area contributed by atoms with Gasteiger partial charge in [0.15, 0.2) is 11.9 Å². The molecule has 6 heteroatoms. The number of benzene rings is 1. The quantitative estimate of drug-likeness (QED) is 0.769. The highest BCUT2D eigenvalue weighted by Gasteiger charge is 2.19. The number of carbonyl (C=O) groups excluding carboxylic acids is 1. The number of hydrogen-bond donors (Lipinski definition) is 1. The number of amides is 1. The van der Waals surface area contributed by atoms with Crippen molar-refractivity contribution in [3.63, 3.8) is 0 Å². The third-order valence-corrected chi connectivity index (χ3v) is 3.96. The molecule has 1 heterocycles. The molecule has 0 fully saturated rings. The number of aromatic nitrogens is 1. The Hall–Kier alpha value is -1.08. The summed E-state index contributed by atoms with van der Waals surface area (Å²) in [4.78, 5) is 16.3. The fourth-order valence-electron chi connectivity index (χ4n) is 1.89. The normalized spacial score (nSPS) is 12.5. The van der Waals surface area contributed by atoms with E-state index in [1.807, 2.05) is 32.0 Å². The van der Waals surface area contributed by atoms with Crippen LogP contribution in [0.3, 0.4) is 0 Å². The molecule has 0 saturated heterocycles. The van der Waals surface area contributed by atoms with E-state index in [0.29, 0.717) is 16.3 Å². The first-order chi connectivity index (χ1) is 9.90. The van der Waals surface area contributed by atoms with Crippen molar-refractivity contribution >= 4 is 51.0 Å². The second kappa shape index (κ2) is 6.79. The van der Waals surface area contributed by atoms with Crippen LogP contribution < -0.4 is 10.1 Å². The standard InChI is InChI=1S/C15H16ClIN2O2/c1-8(2)19-15(20)9(3)21-14-12(17)7-11(16)10-5-4-6-18-13(10)14/h4-9H,1-3H3,(H,19,20)/t9-/m1/s1. The summed E-state index contributed by atoms with van der Waals surface area (Å²) in [5.74, 6) is 0.432. The number of hydrogen-bond acceptors (Lipinski definition) is 3. The van der Waals surface area contributed by atoms with Crippen molar-refractivity contribution in [2.75, 3.05) is 0 Å². The van der Waals surface area contributed by atoms with Gasteiger partial charge in [0.1, 0.15) is 5.52 Å². The van der Waals surface area contributed by atoms with Crippen molar-refractivity contribution in [2.24, 2.45) is 0 Å². The maximum Gasteiger partial charge on any atom is 0.260 e. The van der Waals surface area contributed by atoms with Gasteiger partial charge < -0.3 is 10.1 Å². The summed E-state index contributed by atoms with van der Waals surface area (Å²) < 4.78 is 6.66. The predicted octanol–water partition coefficient (Wildman–Crippen LogP) is 3.78. The monoisotopic (exact) mass is 418 g/mol. The van der Waals surface area contributed by atoms with Crippen LogP contribution in [0.1, 0.15) is 20.8 Å². The minimum atomic E-state index is -0.604. The van der Waals surface area contributed by atoms with E-state index in [2.05, 4.69) is 32.9 Å². The van der Waals surface area contributed by atoms with Gasteiger partial charge >= 0.3 is 0 Å². The molecule has 2 rings (SSSR count). The fourth-order valence-corrected chi connectivity index (χ4v) is 3.03. The number of carbonyl (C=O) groups is 1. The van der Waals surface area contributed by atoms with Crippen LogP contribution in [0.2, 0.25) is 5.02 Å². The zero-order valence-electron chi connectivity index (χ0n) is 12.0. The summed E-state index contributed by atoms with van der Waals surface area (Å²) in [6.07, 6.45) is 1.08. The maximum absolute atomic E-state index is 12.0. The van der Waals surface area contributed by atoms with Gasteiger partial charge in [0.05, 0.1) is 8.59 Å². The fraction of sp³-hybridized carbons (Fsp3) is 0.333. The van der Waals surface area contributed by atoms with Crippen LogP contribution in [-0.2, 0) is 4.79 Å². The number of fused-ring (bicyclic) bond motifs is 1. The molecule has 0 radical (unpaired) electrons. The molecule has 0 bridgehead atoms. The number of nitrogens with zero attached hydrogens (tertiary/aromatic N) is 1. The molecule has 1 aromatic heterocycles. The molecular weight excluding hydrogens is 403 g/mol. The molecule has 21 heavy (non-hydrogen) atoms. The van der Waals surface area contributed by atoms with E-state index in [1.54, 1.807) is 13.1 Å². The van der Waals surface area contributed by atoms with Gasteiger partial charge in [-0.25, -0.2) is 0 Å². The van der Waals surface area contributed by atoms with Crippen LogP contribution in [-0.4, -0.2) is 23.0 Å². The van der Waals surface area contributed by atoms with Crippen LogP contribution in [0, 0.1) is 3.57 Å². The third-order valence-electron chi connectivity index (χ3n) is 2.85. The molecule has 1 amide bonds. The van der Waals surface area contributed by atoms with Crippen LogP contribution in [0.15, 0.2) is 24.4 Å². The third kappa shape index (κ3) is 3.77. The van der Waals surface area contributed by atoms with Gasteiger partial charge in [-0.3, -0.25) is 9.78 Å². The van der Waals surface area contributed by atoms with E-state index in [-0.39, 0.29) is 11.9 Å². The summed E-state index contributed by atoms with van der Waals surface area (Å²) in [5, 5.41) is 4.26. The topological polar surface area (TPSA) is 51.2 Å². The van der Waals surface area contributed by atoms with E-state index in [4.69, 9.17) is 16.3 Å². The molecule has 0 aliphatic heterocycles. The second-order valence-electron chi connectivity index (χ2n) is 4.99. The van der Waals surface area contributed by atoms with Gasteiger partial charge in [-0.2, -0.15) is 0 Å². The molecule has 1 atom stereocenters. The Labute approximate surface area is 142 Å². The zero-order chi connectivity index (χ0) is 15.6. The molecule has 0 aliphatic carbocycles. The van der Waals surface area contributed by atoms with Crippen molar-refractivity contribution in [1.82, 2.24) is 10.3 Å². The Morgan fingerprint density at radius 2 is 2.14 bits per heavy atom. The van der Waals surface area contributed by atoms with Crippen molar-refractivity contribution in [2.45, 2.75) is 32.9 Å². The van der Waals surface area contributed by atoms with Crippen molar-refractivity contribution in [1.29, 1.82) is 0 Å². The number of halogens is 2. The first-order valence-electron chi connectivity index (χ1n) is 6.60. The Morgan fingerprint density at radius 3 is 2.81 bits per heavy atom. The summed E-state index contributed by atoms with van der Waals surface area (Å²) in [5.41, 5.74) is 0.665. The van der Waals surface area contributed by atoms with Crippen LogP contribution in [0.25, 0.3) is 10.9 Å². The van der Waals surface area contributed by atoms with Crippen LogP contribution in [0.5, 0.6) is 5.75 Å². The zero-order valence-corrected chi connectivity index (χ0v) is 14.9. The molecule has 2 aromatic rings. The highest BCUT2D eigenvalue weighted by Crippen LogP contribution is 2.35. The Balaban J connectivity index is 2.36. The first-order valence-corrected chi connectivity index (χ1v) is 8.05. The lowest BCUT2D eigenvalue weighted by Crippen LogP contribution is -2.40. The predicted molar refractivity (Wildman–Crippen MR) is 92.8 cm³/mol. The van der Waals surface area contributed by atoms with Gasteiger partial charge in [-0.05, 0) is 61.6 Å². The summed E-state index contributed by atoms with van der Waals surface area (Å²) in [6.45, 7) is 5.54. The number of rotatable bonds is 4. The molecule has 112 valence electrons. The molecule has 0 spiro atoms. The van der Waals surface area contributed by atoms with E-state index in [9.17, 15) is 4.79 Å². The molecule has 0 aliphatic rings. The number of pyridine rings is 1. The second-order valence-corrected chi connectivity index (χ2v) is 6.56. The Morgan fingerprint density at radius 1 is 1.43 bits per heavy atom. The summed E-state index contributed by atoms with van der Waals surface area (Å²) in [6, 6.07) is 5.59. The minimum Gasteiger partial charge on any atom is -0.477 e. The largest absolute Gasteiger partial charge is 0.477 e. The van der Waals surface area contributed by atoms with Crippen LogP contribution in [0.4, 0.5) is 0 Å². The molecule has 0 saturated carbocycles. The van der Waals surface area contributed by atoms with Gasteiger partial charge in [0.2, 0.25) is 0 Å². The maximum atomic E-state index is 12.0. The number of ether oxygens (including phenoxy) is 1. The SMILES string of the molecule is CC(C)NC(=O)[C@@H](C)Oc1c(I)cc(Cl)c2cccnc12. The van der Waals surface area contributed by atoms with E-state index < -0.39 is 6.10 Å². The summed E-state index contributed by atoms with van der Waals surface area (Å²) >= 11 is 8.36. The Kier molecular flexibility index (Phi) is 5.27. The lowest BCUT2D eigenvalue weighted by Gasteiger charge is -2.18. The van der Waals surface area contributed by atoms with Crippen molar-refractivity contribution in [3.8, 4) is 5.75 Å². The molecule has 1 N–H and O–H groups in total. The lowest BCUT2D eigenvalue weighted by atomic mass is 10.2. The van der Waals surface area contributed by atoms with Gasteiger partial charge in [-0.1, -0.05) is 11.6 Å². The molecule has 4 nitrogen and oxygen atoms in total. The molecular formula is C15H16ClIN2O2. The Bertz CT molecular complexity index is 676. The smallest absolute Gasteiger partial charge is 0.260 e. The number of nitrogens with one attached hydrogen (secondary N) is 1. The average Bonchev–Trinajstić information content (AvgIpc) is 2.42. The minimum absolute atomic E-state index is 0.0720. The molecule has 0 unspecified atom stereocenters. The van der Waals surface area contributed by atoms with Gasteiger partial charge in [-0.15, -0.1) is 0 Å². The van der Waals surface area contributed by atoms with Gasteiger partial charge in [0.25, 0.3) is 5.91 Å². The van der Waals surface area contributed by atoms with Crippen LogP contribution >= 0.6 is 34.2 Å². The highest BCUT2D eigenvalue weighted by atomic mass is 127.